The van der Waals surface area contributed by atoms with Crippen LogP contribution in [0.2, 0.25) is 0 Å². The fourth-order valence-electron chi connectivity index (χ4n) is 2.25. The zero-order chi connectivity index (χ0) is 14.5. The number of hydrogen-bond acceptors (Lipinski definition) is 3. The molecule has 0 spiro atoms. The maximum Gasteiger partial charge on any atom is 0.281 e. The molecule has 1 unspecified atom stereocenters. The minimum atomic E-state index is -3.30. The van der Waals surface area contributed by atoms with Gasteiger partial charge in [-0.15, -0.1) is 0 Å². The molecule has 19 heavy (non-hydrogen) atoms. The first-order valence-electron chi connectivity index (χ1n) is 7.32. The van der Waals surface area contributed by atoms with E-state index in [-0.39, 0.29) is 6.04 Å². The second kappa shape index (κ2) is 7.57. The third-order valence-electron chi connectivity index (χ3n) is 3.92. The largest absolute Gasteiger partial charge is 0.327 e. The normalized spacial score (nSPS) is 20.7. The van der Waals surface area contributed by atoms with Crippen LogP contribution in [0.4, 0.5) is 0 Å². The van der Waals surface area contributed by atoms with E-state index in [0.717, 1.165) is 25.7 Å². The summed E-state index contributed by atoms with van der Waals surface area (Å²) in [6.45, 7) is 5.94. The first-order chi connectivity index (χ1) is 8.85. The van der Waals surface area contributed by atoms with E-state index in [9.17, 15) is 8.42 Å². The van der Waals surface area contributed by atoms with Crippen molar-refractivity contribution in [2.75, 3.05) is 26.7 Å². The Morgan fingerprint density at radius 2 is 1.68 bits per heavy atom. The summed E-state index contributed by atoms with van der Waals surface area (Å²) in [5, 5.41) is 0. The van der Waals surface area contributed by atoms with E-state index in [1.807, 2.05) is 0 Å². The van der Waals surface area contributed by atoms with Gasteiger partial charge in [0.1, 0.15) is 0 Å². The lowest BCUT2D eigenvalue weighted by molar-refractivity contribution is 0.347. The van der Waals surface area contributed by atoms with Crippen molar-refractivity contribution in [1.29, 1.82) is 0 Å². The zero-order valence-corrected chi connectivity index (χ0v) is 13.3. The summed E-state index contributed by atoms with van der Waals surface area (Å²) >= 11 is 0. The molecule has 5 nitrogen and oxygen atoms in total. The van der Waals surface area contributed by atoms with Gasteiger partial charge in [-0.05, 0) is 25.2 Å². The monoisotopic (exact) mass is 291 g/mol. The highest BCUT2D eigenvalue weighted by Gasteiger charge is 2.27. The highest BCUT2D eigenvalue weighted by molar-refractivity contribution is 7.86. The summed E-state index contributed by atoms with van der Waals surface area (Å²) < 4.78 is 27.9. The van der Waals surface area contributed by atoms with Crippen LogP contribution in [0.5, 0.6) is 0 Å². The fraction of sp³-hybridized carbons (Fsp3) is 1.00. The van der Waals surface area contributed by atoms with Crippen LogP contribution in [-0.2, 0) is 10.2 Å². The maximum absolute atomic E-state index is 12.4. The molecule has 0 amide bonds. The lowest BCUT2D eigenvalue weighted by Crippen LogP contribution is -2.44. The van der Waals surface area contributed by atoms with E-state index >= 15 is 0 Å². The Kier molecular flexibility index (Phi) is 6.73. The smallest absolute Gasteiger partial charge is 0.281 e. The van der Waals surface area contributed by atoms with Crippen molar-refractivity contribution in [1.82, 2.24) is 8.61 Å². The van der Waals surface area contributed by atoms with Crippen LogP contribution in [0.25, 0.3) is 0 Å². The van der Waals surface area contributed by atoms with Gasteiger partial charge in [0.05, 0.1) is 0 Å². The standard InChI is InChI=1S/C13H29N3O2S/c1-12(2)13(14)8-11-15(3)19(17,18)16-9-6-4-5-7-10-16/h12-13H,4-11,14H2,1-3H3. The van der Waals surface area contributed by atoms with Gasteiger partial charge in [-0.2, -0.15) is 17.0 Å². The molecule has 1 aliphatic heterocycles. The molecule has 1 saturated heterocycles. The molecule has 1 rings (SSSR count). The summed E-state index contributed by atoms with van der Waals surface area (Å²) in [7, 11) is -1.64. The molecule has 0 radical (unpaired) electrons. The molecule has 0 aliphatic carbocycles. The van der Waals surface area contributed by atoms with Crippen molar-refractivity contribution in [3.8, 4) is 0 Å². The summed E-state index contributed by atoms with van der Waals surface area (Å²) in [5.41, 5.74) is 5.98. The summed E-state index contributed by atoms with van der Waals surface area (Å²) in [5.74, 6) is 0.384. The van der Waals surface area contributed by atoms with Crippen LogP contribution in [0.1, 0.15) is 46.0 Å². The number of rotatable bonds is 6. The van der Waals surface area contributed by atoms with Crippen molar-refractivity contribution in [2.45, 2.75) is 52.0 Å². The Morgan fingerprint density at radius 1 is 1.16 bits per heavy atom. The second-order valence-corrected chi connectivity index (χ2v) is 7.87. The molecule has 1 aliphatic rings. The Balaban J connectivity index is 2.55. The van der Waals surface area contributed by atoms with Crippen LogP contribution >= 0.6 is 0 Å². The SMILES string of the molecule is CC(C)C(N)CCN(C)S(=O)(=O)N1CCCCCC1. The minimum Gasteiger partial charge on any atom is -0.327 e. The van der Waals surface area contributed by atoms with Gasteiger partial charge >= 0.3 is 0 Å². The molecular formula is C13H29N3O2S. The molecule has 0 aromatic carbocycles. The average molecular weight is 291 g/mol. The summed E-state index contributed by atoms with van der Waals surface area (Å²) in [6, 6.07) is 0.0572. The molecule has 114 valence electrons. The molecule has 6 heteroatoms. The van der Waals surface area contributed by atoms with Crippen LogP contribution in [-0.4, -0.2) is 49.8 Å². The first kappa shape index (κ1) is 16.9. The highest BCUT2D eigenvalue weighted by Crippen LogP contribution is 2.16. The van der Waals surface area contributed by atoms with Gasteiger partial charge in [0.15, 0.2) is 0 Å². The van der Waals surface area contributed by atoms with Gasteiger partial charge in [0, 0.05) is 32.7 Å². The lowest BCUT2D eigenvalue weighted by Gasteiger charge is -2.27. The predicted molar refractivity (Wildman–Crippen MR) is 79.0 cm³/mol. The Hall–Kier alpha value is -0.170. The van der Waals surface area contributed by atoms with Gasteiger partial charge < -0.3 is 5.73 Å². The average Bonchev–Trinajstić information content (AvgIpc) is 2.64. The van der Waals surface area contributed by atoms with Gasteiger partial charge in [-0.3, -0.25) is 0 Å². The number of nitrogens with two attached hydrogens (primary N) is 1. The lowest BCUT2D eigenvalue weighted by atomic mass is 10.0. The van der Waals surface area contributed by atoms with E-state index in [1.54, 1.807) is 11.4 Å². The predicted octanol–water partition coefficient (Wildman–Crippen LogP) is 1.41. The van der Waals surface area contributed by atoms with Crippen molar-refractivity contribution in [3.63, 3.8) is 0 Å². The molecular weight excluding hydrogens is 262 g/mol. The van der Waals surface area contributed by atoms with E-state index in [4.69, 9.17) is 5.73 Å². The summed E-state index contributed by atoms with van der Waals surface area (Å²) in [6.07, 6.45) is 4.92. The molecule has 1 fully saturated rings. The van der Waals surface area contributed by atoms with Gasteiger partial charge in [-0.1, -0.05) is 26.7 Å². The van der Waals surface area contributed by atoms with Crippen LogP contribution in [0.15, 0.2) is 0 Å². The third kappa shape index (κ3) is 5.02. The molecule has 2 N–H and O–H groups in total. The van der Waals surface area contributed by atoms with Gasteiger partial charge in [-0.25, -0.2) is 0 Å². The summed E-state index contributed by atoms with van der Waals surface area (Å²) in [4.78, 5) is 0. The molecule has 0 bridgehead atoms. The molecule has 0 aromatic heterocycles. The van der Waals surface area contributed by atoms with Crippen molar-refractivity contribution in [3.05, 3.63) is 0 Å². The number of hydrogen-bond donors (Lipinski definition) is 1. The van der Waals surface area contributed by atoms with Gasteiger partial charge in [0.2, 0.25) is 0 Å². The topological polar surface area (TPSA) is 66.6 Å². The second-order valence-electron chi connectivity index (χ2n) is 5.84. The van der Waals surface area contributed by atoms with E-state index in [0.29, 0.717) is 32.0 Å². The Morgan fingerprint density at radius 3 is 2.16 bits per heavy atom. The molecule has 0 saturated carbocycles. The zero-order valence-electron chi connectivity index (χ0n) is 12.5. The molecule has 1 heterocycles. The Labute approximate surface area is 118 Å². The Bertz CT molecular complexity index is 349. The van der Waals surface area contributed by atoms with Crippen LogP contribution < -0.4 is 5.73 Å². The van der Waals surface area contributed by atoms with Crippen LogP contribution in [0, 0.1) is 5.92 Å². The quantitative estimate of drug-likeness (QED) is 0.804. The van der Waals surface area contributed by atoms with Crippen molar-refractivity contribution >= 4 is 10.2 Å². The minimum absolute atomic E-state index is 0.0572. The first-order valence-corrected chi connectivity index (χ1v) is 8.72. The number of nitrogens with zero attached hydrogens (tertiary/aromatic N) is 2. The van der Waals surface area contributed by atoms with Gasteiger partial charge in [0.25, 0.3) is 10.2 Å². The third-order valence-corrected chi connectivity index (χ3v) is 5.91. The molecule has 0 aromatic rings. The van der Waals surface area contributed by atoms with E-state index in [2.05, 4.69) is 13.8 Å². The van der Waals surface area contributed by atoms with Crippen LogP contribution in [0.3, 0.4) is 0 Å². The van der Waals surface area contributed by atoms with E-state index in [1.165, 1.54) is 4.31 Å². The van der Waals surface area contributed by atoms with Crippen molar-refractivity contribution in [2.24, 2.45) is 11.7 Å². The van der Waals surface area contributed by atoms with Crippen molar-refractivity contribution < 1.29 is 8.42 Å². The van der Waals surface area contributed by atoms with E-state index < -0.39 is 10.2 Å². The molecule has 1 atom stereocenters. The fourth-order valence-corrected chi connectivity index (χ4v) is 3.70. The highest BCUT2D eigenvalue weighted by atomic mass is 32.2. The maximum atomic E-state index is 12.4.